The van der Waals surface area contributed by atoms with Crippen LogP contribution in [0.2, 0.25) is 0 Å². The summed E-state index contributed by atoms with van der Waals surface area (Å²) in [7, 11) is 0. The number of carbonyl (C=O) groups excluding carboxylic acids is 1. The van der Waals surface area contributed by atoms with Crippen molar-refractivity contribution in [2.45, 2.75) is 25.7 Å². The van der Waals surface area contributed by atoms with E-state index >= 15 is 0 Å². The predicted octanol–water partition coefficient (Wildman–Crippen LogP) is 0.958. The van der Waals surface area contributed by atoms with Crippen LogP contribution in [-0.2, 0) is 9.53 Å². The zero-order valence-corrected chi connectivity index (χ0v) is 7.74. The summed E-state index contributed by atoms with van der Waals surface area (Å²) in [6.07, 6.45) is 4.74. The second-order valence-electron chi connectivity index (χ2n) is 4.17. The van der Waals surface area contributed by atoms with Crippen molar-refractivity contribution in [3.8, 4) is 0 Å². The van der Waals surface area contributed by atoms with Crippen LogP contribution in [0.5, 0.6) is 0 Å². The van der Waals surface area contributed by atoms with Crippen LogP contribution in [0, 0.1) is 17.8 Å². The van der Waals surface area contributed by atoms with Gasteiger partial charge in [0.15, 0.2) is 0 Å². The minimum absolute atomic E-state index is 0.0629. The molecule has 0 heterocycles. The molecule has 2 saturated carbocycles. The third-order valence-electron chi connectivity index (χ3n) is 3.38. The molecule has 3 nitrogen and oxygen atoms in total. The third kappa shape index (κ3) is 1.70. The van der Waals surface area contributed by atoms with Gasteiger partial charge in [0.1, 0.15) is 6.61 Å². The van der Waals surface area contributed by atoms with E-state index in [-0.39, 0.29) is 25.1 Å². The fraction of sp³-hybridized carbons (Fsp3) is 0.900. The fourth-order valence-electron chi connectivity index (χ4n) is 2.79. The van der Waals surface area contributed by atoms with Crippen LogP contribution in [-0.4, -0.2) is 24.3 Å². The van der Waals surface area contributed by atoms with Crippen LogP contribution >= 0.6 is 0 Å². The first-order valence-corrected chi connectivity index (χ1v) is 5.08. The molecule has 3 atom stereocenters. The molecule has 0 aromatic carbocycles. The van der Waals surface area contributed by atoms with Gasteiger partial charge in [-0.1, -0.05) is 6.42 Å². The quantitative estimate of drug-likeness (QED) is 0.664. The molecule has 2 bridgehead atoms. The van der Waals surface area contributed by atoms with Gasteiger partial charge in [0.25, 0.3) is 0 Å². The van der Waals surface area contributed by atoms with Crippen molar-refractivity contribution in [3.05, 3.63) is 0 Å². The van der Waals surface area contributed by atoms with Crippen molar-refractivity contribution in [2.24, 2.45) is 17.8 Å². The number of ether oxygens (including phenoxy) is 1. The molecule has 0 amide bonds. The van der Waals surface area contributed by atoms with Gasteiger partial charge in [0, 0.05) is 0 Å². The van der Waals surface area contributed by atoms with Crippen molar-refractivity contribution >= 4 is 5.97 Å². The average Bonchev–Trinajstić information content (AvgIpc) is 2.74. The normalized spacial score (nSPS) is 36.5. The minimum atomic E-state index is -0.0822. The average molecular weight is 184 g/mol. The summed E-state index contributed by atoms with van der Waals surface area (Å²) in [6, 6.07) is 0. The van der Waals surface area contributed by atoms with Crippen LogP contribution in [0.3, 0.4) is 0 Å². The molecule has 3 heteroatoms. The van der Waals surface area contributed by atoms with Crippen molar-refractivity contribution in [2.75, 3.05) is 13.2 Å². The SMILES string of the molecule is O=C(OCCO)C1CC2CCC1C2. The first-order valence-electron chi connectivity index (χ1n) is 5.08. The Morgan fingerprint density at radius 2 is 2.23 bits per heavy atom. The molecule has 2 fully saturated rings. The van der Waals surface area contributed by atoms with Gasteiger partial charge in [-0.05, 0) is 31.1 Å². The molecule has 0 aromatic heterocycles. The van der Waals surface area contributed by atoms with Crippen LogP contribution < -0.4 is 0 Å². The summed E-state index contributed by atoms with van der Waals surface area (Å²) < 4.78 is 4.94. The second-order valence-corrected chi connectivity index (χ2v) is 4.17. The molecule has 13 heavy (non-hydrogen) atoms. The molecule has 0 saturated heterocycles. The van der Waals surface area contributed by atoms with Gasteiger partial charge in [-0.15, -0.1) is 0 Å². The lowest BCUT2D eigenvalue weighted by Gasteiger charge is -2.19. The number of carbonyl (C=O) groups is 1. The van der Waals surface area contributed by atoms with E-state index in [1.807, 2.05) is 0 Å². The Morgan fingerprint density at radius 3 is 2.77 bits per heavy atom. The lowest BCUT2D eigenvalue weighted by Crippen LogP contribution is -2.24. The number of aliphatic hydroxyl groups is 1. The van der Waals surface area contributed by atoms with Gasteiger partial charge >= 0.3 is 5.97 Å². The van der Waals surface area contributed by atoms with Crippen molar-refractivity contribution < 1.29 is 14.6 Å². The Bertz CT molecular complexity index is 202. The zero-order valence-electron chi connectivity index (χ0n) is 7.74. The van der Waals surface area contributed by atoms with Gasteiger partial charge in [-0.25, -0.2) is 0 Å². The molecule has 2 aliphatic carbocycles. The molecule has 2 aliphatic rings. The van der Waals surface area contributed by atoms with E-state index in [0.29, 0.717) is 5.92 Å². The lowest BCUT2D eigenvalue weighted by molar-refractivity contribution is -0.151. The van der Waals surface area contributed by atoms with E-state index in [0.717, 1.165) is 12.3 Å². The molecule has 74 valence electrons. The lowest BCUT2D eigenvalue weighted by atomic mass is 9.89. The van der Waals surface area contributed by atoms with E-state index in [1.165, 1.54) is 19.3 Å². The monoisotopic (exact) mass is 184 g/mol. The maximum Gasteiger partial charge on any atom is 0.309 e. The number of fused-ring (bicyclic) bond motifs is 2. The van der Waals surface area contributed by atoms with E-state index in [2.05, 4.69) is 0 Å². The van der Waals surface area contributed by atoms with Crippen LogP contribution in [0.1, 0.15) is 25.7 Å². The topological polar surface area (TPSA) is 46.5 Å². The second kappa shape index (κ2) is 3.66. The van der Waals surface area contributed by atoms with Gasteiger partial charge in [0.2, 0.25) is 0 Å². The Kier molecular flexibility index (Phi) is 2.54. The molecule has 0 spiro atoms. The summed E-state index contributed by atoms with van der Waals surface area (Å²) in [4.78, 5) is 11.5. The summed E-state index contributed by atoms with van der Waals surface area (Å²) in [6.45, 7) is 0.0965. The fourth-order valence-corrected chi connectivity index (χ4v) is 2.79. The summed E-state index contributed by atoms with van der Waals surface area (Å²) >= 11 is 0. The number of esters is 1. The summed E-state index contributed by atoms with van der Waals surface area (Å²) in [5.41, 5.74) is 0. The third-order valence-corrected chi connectivity index (χ3v) is 3.38. The summed E-state index contributed by atoms with van der Waals surface area (Å²) in [5, 5.41) is 8.51. The van der Waals surface area contributed by atoms with E-state index in [4.69, 9.17) is 9.84 Å². The largest absolute Gasteiger partial charge is 0.463 e. The Hall–Kier alpha value is -0.570. The molecule has 1 N–H and O–H groups in total. The maximum absolute atomic E-state index is 11.5. The van der Waals surface area contributed by atoms with Crippen molar-refractivity contribution in [1.82, 2.24) is 0 Å². The first kappa shape index (κ1) is 9.00. The van der Waals surface area contributed by atoms with Gasteiger partial charge in [0.05, 0.1) is 12.5 Å². The van der Waals surface area contributed by atoms with Crippen molar-refractivity contribution in [3.63, 3.8) is 0 Å². The van der Waals surface area contributed by atoms with E-state index in [9.17, 15) is 4.79 Å². The summed E-state index contributed by atoms with van der Waals surface area (Å²) in [5.74, 6) is 1.42. The Morgan fingerprint density at radius 1 is 1.38 bits per heavy atom. The molecular formula is C10H16O3. The maximum atomic E-state index is 11.5. The zero-order chi connectivity index (χ0) is 9.26. The highest BCUT2D eigenvalue weighted by Crippen LogP contribution is 2.48. The van der Waals surface area contributed by atoms with Crippen LogP contribution in [0.4, 0.5) is 0 Å². The highest BCUT2D eigenvalue weighted by atomic mass is 16.5. The standard InChI is InChI=1S/C10H16O3/c11-3-4-13-10(12)9-6-7-1-2-8(9)5-7/h7-9,11H,1-6H2. The predicted molar refractivity (Wildman–Crippen MR) is 47.0 cm³/mol. The van der Waals surface area contributed by atoms with Gasteiger partial charge < -0.3 is 9.84 Å². The smallest absolute Gasteiger partial charge is 0.309 e. The highest BCUT2D eigenvalue weighted by Gasteiger charge is 2.43. The van der Waals surface area contributed by atoms with E-state index < -0.39 is 0 Å². The number of hydrogen-bond donors (Lipinski definition) is 1. The number of hydrogen-bond acceptors (Lipinski definition) is 3. The van der Waals surface area contributed by atoms with Crippen LogP contribution in [0.15, 0.2) is 0 Å². The Balaban J connectivity index is 1.84. The van der Waals surface area contributed by atoms with Gasteiger partial charge in [-0.3, -0.25) is 4.79 Å². The molecule has 2 rings (SSSR count). The molecule has 0 aromatic rings. The van der Waals surface area contributed by atoms with Crippen molar-refractivity contribution in [1.29, 1.82) is 0 Å². The van der Waals surface area contributed by atoms with E-state index in [1.54, 1.807) is 0 Å². The minimum Gasteiger partial charge on any atom is -0.463 e. The first-order chi connectivity index (χ1) is 6.31. The molecule has 0 radical (unpaired) electrons. The van der Waals surface area contributed by atoms with Crippen LogP contribution in [0.25, 0.3) is 0 Å². The molecular weight excluding hydrogens is 168 g/mol. The molecule has 3 unspecified atom stereocenters. The molecule has 0 aliphatic heterocycles. The highest BCUT2D eigenvalue weighted by molar-refractivity contribution is 5.73. The number of aliphatic hydroxyl groups excluding tert-OH is 1. The Labute approximate surface area is 78.1 Å². The van der Waals surface area contributed by atoms with Gasteiger partial charge in [-0.2, -0.15) is 0 Å². The number of rotatable bonds is 3.